The van der Waals surface area contributed by atoms with E-state index in [0.717, 1.165) is 0 Å². The number of hydrogen-bond acceptors (Lipinski definition) is 8. The number of nitrogens with two attached hydrogens (primary N) is 4. The fourth-order valence-corrected chi connectivity index (χ4v) is 4.05. The lowest BCUT2D eigenvalue weighted by molar-refractivity contribution is -0.142. The smallest absolute Gasteiger partial charge is 0.326 e. The quantitative estimate of drug-likeness (QED) is 0.0515. The maximum atomic E-state index is 13.2. The Hall–Kier alpha value is -3.85. The zero-order valence-electron chi connectivity index (χ0n) is 22.5. The summed E-state index contributed by atoms with van der Waals surface area (Å²) in [6, 6.07) is 4.29. The van der Waals surface area contributed by atoms with Crippen LogP contribution in [0.4, 0.5) is 0 Å². The largest absolute Gasteiger partial charge is 0.480 e. The van der Waals surface area contributed by atoms with Gasteiger partial charge in [-0.25, -0.2) is 4.79 Å². The summed E-state index contributed by atoms with van der Waals surface area (Å²) in [4.78, 5) is 65.8. The number of carbonyl (C=O) groups is 5. The Bertz CT molecular complexity index is 1020. The lowest BCUT2D eigenvalue weighted by Gasteiger charge is -2.25. The zero-order valence-corrected chi connectivity index (χ0v) is 23.3. The highest BCUT2D eigenvalue weighted by Crippen LogP contribution is 2.08. The molecular weight excluding hydrogens is 540 g/mol. The fraction of sp³-hybridized carbons (Fsp3) is 0.520. The molecule has 0 fully saturated rings. The van der Waals surface area contributed by atoms with Crippen molar-refractivity contribution in [2.45, 2.75) is 62.7 Å². The molecule has 15 heteroatoms. The Morgan fingerprint density at radius 2 is 1.45 bits per heavy atom. The van der Waals surface area contributed by atoms with Crippen LogP contribution in [0.2, 0.25) is 0 Å². The van der Waals surface area contributed by atoms with Gasteiger partial charge in [0, 0.05) is 19.4 Å². The molecule has 1 rings (SSSR count). The van der Waals surface area contributed by atoms with E-state index in [0.29, 0.717) is 17.7 Å². The summed E-state index contributed by atoms with van der Waals surface area (Å²) in [6.07, 6.45) is 2.39. The summed E-state index contributed by atoms with van der Waals surface area (Å²) < 4.78 is 0. The van der Waals surface area contributed by atoms with Crippen molar-refractivity contribution in [2.75, 3.05) is 18.6 Å². The van der Waals surface area contributed by atoms with Gasteiger partial charge in [-0.2, -0.15) is 11.8 Å². The van der Waals surface area contributed by atoms with E-state index in [-0.39, 0.29) is 44.6 Å². The fourth-order valence-electron chi connectivity index (χ4n) is 3.58. The SMILES string of the molecule is CSCCC(NC(=O)C(N)CCC(N)=O)C(=O)NC(CCCN=C(N)N)C(=O)NC(Cc1ccccc1)C(=O)O. The number of benzene rings is 1. The van der Waals surface area contributed by atoms with E-state index in [1.807, 2.05) is 6.26 Å². The van der Waals surface area contributed by atoms with E-state index in [2.05, 4.69) is 20.9 Å². The van der Waals surface area contributed by atoms with Gasteiger partial charge in [0.15, 0.2) is 5.96 Å². The monoisotopic (exact) mass is 580 g/mol. The molecule has 14 nitrogen and oxygen atoms in total. The number of rotatable bonds is 19. The molecule has 0 aliphatic heterocycles. The van der Waals surface area contributed by atoms with E-state index in [1.165, 1.54) is 11.8 Å². The molecule has 0 aliphatic carbocycles. The molecule has 0 radical (unpaired) electrons. The number of aliphatic carboxylic acids is 1. The second-order valence-corrected chi connectivity index (χ2v) is 10.0. The second-order valence-electron chi connectivity index (χ2n) is 9.05. The molecule has 1 aromatic carbocycles. The maximum absolute atomic E-state index is 13.2. The molecule has 0 saturated heterocycles. The van der Waals surface area contributed by atoms with Crippen molar-refractivity contribution in [1.29, 1.82) is 0 Å². The number of nitrogens with zero attached hydrogens (tertiary/aromatic N) is 1. The number of guanidine groups is 1. The zero-order chi connectivity index (χ0) is 30.1. The minimum absolute atomic E-state index is 0.00580. The molecule has 4 amide bonds. The van der Waals surface area contributed by atoms with Gasteiger partial charge in [-0.15, -0.1) is 0 Å². The topological polar surface area (TPSA) is 258 Å². The van der Waals surface area contributed by atoms with Crippen molar-refractivity contribution in [2.24, 2.45) is 27.9 Å². The lowest BCUT2D eigenvalue weighted by Crippen LogP contribution is -2.57. The molecule has 0 spiro atoms. The van der Waals surface area contributed by atoms with Crippen LogP contribution in [0.5, 0.6) is 0 Å². The number of thioether (sulfide) groups is 1. The molecule has 0 aliphatic rings. The van der Waals surface area contributed by atoms with Crippen molar-refractivity contribution in [3.63, 3.8) is 0 Å². The van der Waals surface area contributed by atoms with Crippen LogP contribution in [0.3, 0.4) is 0 Å². The summed E-state index contributed by atoms with van der Waals surface area (Å²) in [5, 5.41) is 17.4. The van der Waals surface area contributed by atoms with Gasteiger partial charge in [-0.3, -0.25) is 24.2 Å². The first-order chi connectivity index (χ1) is 18.9. The molecule has 12 N–H and O–H groups in total. The second kappa shape index (κ2) is 18.4. The van der Waals surface area contributed by atoms with Gasteiger partial charge in [0.2, 0.25) is 23.6 Å². The first kappa shape index (κ1) is 34.2. The van der Waals surface area contributed by atoms with Crippen molar-refractivity contribution < 1.29 is 29.1 Å². The van der Waals surface area contributed by atoms with Crippen LogP contribution in [0.15, 0.2) is 35.3 Å². The Morgan fingerprint density at radius 1 is 0.875 bits per heavy atom. The highest BCUT2D eigenvalue weighted by Gasteiger charge is 2.30. The van der Waals surface area contributed by atoms with Crippen LogP contribution < -0.4 is 38.9 Å². The Balaban J connectivity index is 3.04. The number of carboxylic acids is 1. The summed E-state index contributed by atoms with van der Waals surface area (Å²) in [5.74, 6) is -3.49. The van der Waals surface area contributed by atoms with Gasteiger partial charge >= 0.3 is 5.97 Å². The summed E-state index contributed by atoms with van der Waals surface area (Å²) >= 11 is 1.45. The number of primary amides is 1. The first-order valence-electron chi connectivity index (χ1n) is 12.7. The van der Waals surface area contributed by atoms with E-state index in [4.69, 9.17) is 22.9 Å². The molecule has 0 heterocycles. The summed E-state index contributed by atoms with van der Waals surface area (Å²) in [7, 11) is 0. The normalized spacial score (nSPS) is 13.7. The summed E-state index contributed by atoms with van der Waals surface area (Å²) in [6.45, 7) is 0.176. The van der Waals surface area contributed by atoms with Crippen LogP contribution >= 0.6 is 11.8 Å². The van der Waals surface area contributed by atoms with Crippen LogP contribution in [0.1, 0.15) is 37.7 Å². The number of hydrogen-bond donors (Lipinski definition) is 8. The number of carbonyl (C=O) groups excluding carboxylic acids is 4. The first-order valence-corrected chi connectivity index (χ1v) is 14.1. The molecule has 4 unspecified atom stereocenters. The highest BCUT2D eigenvalue weighted by molar-refractivity contribution is 7.98. The van der Waals surface area contributed by atoms with Crippen LogP contribution in [0, 0.1) is 0 Å². The van der Waals surface area contributed by atoms with Crippen molar-refractivity contribution in [1.82, 2.24) is 16.0 Å². The molecule has 0 bridgehead atoms. The molecule has 0 saturated carbocycles. The third kappa shape index (κ3) is 13.8. The van der Waals surface area contributed by atoms with Crippen molar-refractivity contribution >= 4 is 47.3 Å². The number of amides is 4. The van der Waals surface area contributed by atoms with Gasteiger partial charge in [0.25, 0.3) is 0 Å². The maximum Gasteiger partial charge on any atom is 0.326 e. The molecule has 222 valence electrons. The van der Waals surface area contributed by atoms with Crippen molar-refractivity contribution in [3.8, 4) is 0 Å². The minimum Gasteiger partial charge on any atom is -0.480 e. The van der Waals surface area contributed by atoms with Gasteiger partial charge in [-0.1, -0.05) is 30.3 Å². The Morgan fingerprint density at radius 3 is 2.00 bits per heavy atom. The average Bonchev–Trinajstić information content (AvgIpc) is 2.90. The Kier molecular flexibility index (Phi) is 15.8. The molecular formula is C25H40N8O6S. The van der Waals surface area contributed by atoms with Gasteiger partial charge in [-0.05, 0) is 43.3 Å². The summed E-state index contributed by atoms with van der Waals surface area (Å²) in [5.41, 5.74) is 22.4. The average molecular weight is 581 g/mol. The molecule has 0 aromatic heterocycles. The minimum atomic E-state index is -1.25. The Labute approximate surface area is 237 Å². The highest BCUT2D eigenvalue weighted by atomic mass is 32.2. The van der Waals surface area contributed by atoms with Crippen molar-refractivity contribution in [3.05, 3.63) is 35.9 Å². The lowest BCUT2D eigenvalue weighted by atomic mass is 10.0. The number of carboxylic acid groups (broad SMARTS) is 1. The number of nitrogens with one attached hydrogen (secondary N) is 3. The molecule has 40 heavy (non-hydrogen) atoms. The van der Waals surface area contributed by atoms with Gasteiger partial charge < -0.3 is 44.0 Å². The van der Waals surface area contributed by atoms with Crippen LogP contribution in [-0.4, -0.2) is 83.4 Å². The van der Waals surface area contributed by atoms with Crippen LogP contribution in [0.25, 0.3) is 0 Å². The standard InChI is InChI=1S/C25H40N8O6S/c1-40-13-11-18(31-21(35)16(26)9-10-20(27)34)23(37)32-17(8-5-12-30-25(28)29)22(36)33-19(24(38)39)14-15-6-3-2-4-7-15/h2-4,6-7,16-19H,5,8-14,26H2,1H3,(H2,27,34)(H,31,35)(H,32,37)(H,33,36)(H,38,39)(H4,28,29,30). The third-order valence-electron chi connectivity index (χ3n) is 5.76. The predicted octanol–water partition coefficient (Wildman–Crippen LogP) is -1.83. The molecule has 4 atom stereocenters. The third-order valence-corrected chi connectivity index (χ3v) is 6.40. The van der Waals surface area contributed by atoms with Gasteiger partial charge in [0.05, 0.1) is 6.04 Å². The predicted molar refractivity (Wildman–Crippen MR) is 153 cm³/mol. The number of aliphatic imine (C=N–C) groups is 1. The van der Waals surface area contributed by atoms with Gasteiger partial charge in [0.1, 0.15) is 18.1 Å². The van der Waals surface area contributed by atoms with E-state index < -0.39 is 53.8 Å². The van der Waals surface area contributed by atoms with E-state index >= 15 is 0 Å². The molecule has 1 aromatic rings. The van der Waals surface area contributed by atoms with E-state index in [1.54, 1.807) is 30.3 Å². The van der Waals surface area contributed by atoms with E-state index in [9.17, 15) is 29.1 Å². The van der Waals surface area contributed by atoms with Crippen LogP contribution in [-0.2, 0) is 30.4 Å².